The summed E-state index contributed by atoms with van der Waals surface area (Å²) < 4.78 is 27.6. The summed E-state index contributed by atoms with van der Waals surface area (Å²) in [6, 6.07) is 5.57. The van der Waals surface area contributed by atoms with E-state index in [-0.39, 0.29) is 11.3 Å². The van der Waals surface area contributed by atoms with Gasteiger partial charge in [0.15, 0.2) is 0 Å². The fourth-order valence-corrected chi connectivity index (χ4v) is 2.10. The quantitative estimate of drug-likeness (QED) is 0.824. The summed E-state index contributed by atoms with van der Waals surface area (Å²) in [6.45, 7) is 5.77. The molecule has 0 spiro atoms. The maximum absolute atomic E-state index is 13.8. The fourth-order valence-electron chi connectivity index (χ4n) is 1.38. The first-order valence-corrected chi connectivity index (χ1v) is 9.25. The Kier molecular flexibility index (Phi) is 4.29. The van der Waals surface area contributed by atoms with Gasteiger partial charge in [0, 0.05) is 5.56 Å². The van der Waals surface area contributed by atoms with E-state index in [0.717, 1.165) is 6.08 Å². The molecule has 1 aromatic rings. The van der Waals surface area contributed by atoms with Gasteiger partial charge in [0.2, 0.25) is 0 Å². The third-order valence-corrected chi connectivity index (χ3v) is 3.57. The molecule has 0 aliphatic carbocycles. The predicted octanol–water partition coefficient (Wildman–Crippen LogP) is 3.49. The van der Waals surface area contributed by atoms with Crippen LogP contribution in [0.15, 0.2) is 36.0 Å². The molecular formula is C13H18F2O2Si. The molecule has 1 unspecified atom stereocenters. The molecule has 2 nitrogen and oxygen atoms in total. The Bertz CT molecular complexity index is 439. The maximum Gasteiger partial charge on any atom is 0.295 e. The summed E-state index contributed by atoms with van der Waals surface area (Å²) in [5, 5.41) is 19.1. The van der Waals surface area contributed by atoms with Crippen LogP contribution in [0.5, 0.6) is 5.75 Å². The smallest absolute Gasteiger partial charge is 0.295 e. The topological polar surface area (TPSA) is 40.5 Å². The van der Waals surface area contributed by atoms with Crippen LogP contribution < -0.4 is 0 Å². The zero-order valence-electron chi connectivity index (χ0n) is 10.7. The van der Waals surface area contributed by atoms with Gasteiger partial charge in [0.1, 0.15) is 11.9 Å². The lowest BCUT2D eigenvalue weighted by molar-refractivity contribution is -0.0722. The van der Waals surface area contributed by atoms with Crippen LogP contribution in [-0.4, -0.2) is 24.2 Å². The Morgan fingerprint density at radius 2 is 1.78 bits per heavy atom. The van der Waals surface area contributed by atoms with Gasteiger partial charge in [-0.2, -0.15) is 8.78 Å². The van der Waals surface area contributed by atoms with Gasteiger partial charge in [-0.25, -0.2) is 0 Å². The molecule has 0 aliphatic rings. The summed E-state index contributed by atoms with van der Waals surface area (Å²) in [5.41, 5.74) is 1.32. The summed E-state index contributed by atoms with van der Waals surface area (Å²) in [4.78, 5) is 0. The molecule has 0 aliphatic heterocycles. The molecule has 0 radical (unpaired) electrons. The molecule has 1 rings (SSSR count). The second-order valence-electron chi connectivity index (χ2n) is 5.34. The van der Waals surface area contributed by atoms with Crippen molar-refractivity contribution in [2.24, 2.45) is 0 Å². The van der Waals surface area contributed by atoms with Gasteiger partial charge in [0.05, 0.1) is 8.07 Å². The van der Waals surface area contributed by atoms with E-state index in [1.54, 1.807) is 0 Å². The van der Waals surface area contributed by atoms with Gasteiger partial charge < -0.3 is 10.2 Å². The molecule has 18 heavy (non-hydrogen) atoms. The third kappa shape index (κ3) is 3.92. The number of para-hydroxylation sites is 1. The van der Waals surface area contributed by atoms with Crippen LogP contribution >= 0.6 is 0 Å². The number of aliphatic hydroxyl groups is 1. The first kappa shape index (κ1) is 14.9. The minimum absolute atomic E-state index is 0.164. The van der Waals surface area contributed by atoms with E-state index in [1.165, 1.54) is 30.0 Å². The zero-order valence-corrected chi connectivity index (χ0v) is 11.7. The standard InChI is InChI=1S/C13H18F2O2Si/c1-18(2,3)9-8-13(14,15)12(17)10-6-4-5-7-11(10)16/h4-9,12,16-17H,1-3H3/b9-8+. The van der Waals surface area contributed by atoms with E-state index in [1.807, 2.05) is 19.6 Å². The van der Waals surface area contributed by atoms with Gasteiger partial charge in [-0.1, -0.05) is 43.5 Å². The van der Waals surface area contributed by atoms with E-state index in [9.17, 15) is 19.0 Å². The van der Waals surface area contributed by atoms with E-state index < -0.39 is 20.1 Å². The van der Waals surface area contributed by atoms with Crippen molar-refractivity contribution in [2.75, 3.05) is 0 Å². The molecule has 100 valence electrons. The summed E-state index contributed by atoms with van der Waals surface area (Å²) >= 11 is 0. The molecule has 0 fully saturated rings. The second kappa shape index (κ2) is 5.20. The molecule has 0 heterocycles. The summed E-state index contributed by atoms with van der Waals surface area (Å²) in [5.74, 6) is -3.72. The van der Waals surface area contributed by atoms with Crippen LogP contribution in [0.2, 0.25) is 19.6 Å². The van der Waals surface area contributed by atoms with Crippen molar-refractivity contribution in [3.8, 4) is 5.75 Å². The van der Waals surface area contributed by atoms with E-state index in [4.69, 9.17) is 0 Å². The Balaban J connectivity index is 2.99. The SMILES string of the molecule is C[Si](C)(C)/C=C/C(F)(F)C(O)c1ccccc1O. The molecule has 2 N–H and O–H groups in total. The van der Waals surface area contributed by atoms with Crippen molar-refractivity contribution in [2.45, 2.75) is 31.7 Å². The van der Waals surface area contributed by atoms with Crippen molar-refractivity contribution in [1.29, 1.82) is 0 Å². The molecule has 0 bridgehead atoms. The average Bonchev–Trinajstić information content (AvgIpc) is 2.25. The van der Waals surface area contributed by atoms with Gasteiger partial charge in [0.25, 0.3) is 5.92 Å². The molecule has 1 atom stereocenters. The number of phenols is 1. The van der Waals surface area contributed by atoms with Crippen LogP contribution in [0.25, 0.3) is 0 Å². The van der Waals surface area contributed by atoms with E-state index in [2.05, 4.69) is 0 Å². The number of phenolic OH excluding ortho intramolecular Hbond substituents is 1. The number of rotatable bonds is 4. The van der Waals surface area contributed by atoms with Crippen LogP contribution in [0.3, 0.4) is 0 Å². The summed E-state index contributed by atoms with van der Waals surface area (Å²) in [6.07, 6.45) is -1.29. The van der Waals surface area contributed by atoms with Gasteiger partial charge in [-0.3, -0.25) is 0 Å². The van der Waals surface area contributed by atoms with Gasteiger partial charge in [-0.05, 0) is 12.1 Å². The highest BCUT2D eigenvalue weighted by atomic mass is 28.3. The summed E-state index contributed by atoms with van der Waals surface area (Å²) in [7, 11) is -1.76. The van der Waals surface area contributed by atoms with Crippen LogP contribution in [0, 0.1) is 0 Å². The van der Waals surface area contributed by atoms with Crippen molar-refractivity contribution in [3.05, 3.63) is 41.6 Å². The molecular weight excluding hydrogens is 254 g/mol. The van der Waals surface area contributed by atoms with Gasteiger partial charge >= 0.3 is 0 Å². The second-order valence-corrected chi connectivity index (χ2v) is 10.4. The Labute approximate surface area is 107 Å². The minimum Gasteiger partial charge on any atom is -0.508 e. The first-order valence-electron chi connectivity index (χ1n) is 5.68. The number of alkyl halides is 2. The molecule has 1 aromatic carbocycles. The molecule has 0 saturated carbocycles. The maximum atomic E-state index is 13.8. The number of halogens is 2. The van der Waals surface area contributed by atoms with Crippen LogP contribution in [-0.2, 0) is 0 Å². The lowest BCUT2D eigenvalue weighted by Gasteiger charge is -2.21. The average molecular weight is 272 g/mol. The molecule has 0 aromatic heterocycles. The lowest BCUT2D eigenvalue weighted by Crippen LogP contribution is -2.26. The van der Waals surface area contributed by atoms with Gasteiger partial charge in [-0.15, -0.1) is 0 Å². The highest BCUT2D eigenvalue weighted by Gasteiger charge is 2.38. The van der Waals surface area contributed by atoms with E-state index >= 15 is 0 Å². The molecule has 0 amide bonds. The Morgan fingerprint density at radius 3 is 2.28 bits per heavy atom. The van der Waals surface area contributed by atoms with Crippen molar-refractivity contribution < 1.29 is 19.0 Å². The minimum atomic E-state index is -3.39. The largest absolute Gasteiger partial charge is 0.508 e. The third-order valence-electron chi connectivity index (χ3n) is 2.40. The van der Waals surface area contributed by atoms with E-state index in [0.29, 0.717) is 0 Å². The highest BCUT2D eigenvalue weighted by Crippen LogP contribution is 2.36. The van der Waals surface area contributed by atoms with Crippen molar-refractivity contribution in [1.82, 2.24) is 0 Å². The molecule has 0 saturated heterocycles. The number of aliphatic hydroxyl groups excluding tert-OH is 1. The Hall–Kier alpha value is -1.20. The molecule has 5 heteroatoms. The van der Waals surface area contributed by atoms with Crippen molar-refractivity contribution in [3.63, 3.8) is 0 Å². The van der Waals surface area contributed by atoms with Crippen LogP contribution in [0.1, 0.15) is 11.7 Å². The number of hydrogen-bond donors (Lipinski definition) is 2. The number of benzene rings is 1. The fraction of sp³-hybridized carbons (Fsp3) is 0.385. The normalized spacial score (nSPS) is 15.0. The predicted molar refractivity (Wildman–Crippen MR) is 70.5 cm³/mol. The number of aromatic hydroxyl groups is 1. The highest BCUT2D eigenvalue weighted by molar-refractivity contribution is 6.80. The zero-order chi connectivity index (χ0) is 14.0. The van der Waals surface area contributed by atoms with Crippen LogP contribution in [0.4, 0.5) is 8.78 Å². The monoisotopic (exact) mass is 272 g/mol. The lowest BCUT2D eigenvalue weighted by atomic mass is 10.0. The number of hydrogen-bond acceptors (Lipinski definition) is 2. The Morgan fingerprint density at radius 1 is 1.22 bits per heavy atom. The van der Waals surface area contributed by atoms with Crippen molar-refractivity contribution >= 4 is 8.07 Å². The first-order chi connectivity index (χ1) is 8.13.